The van der Waals surface area contributed by atoms with Gasteiger partial charge in [-0.05, 0) is 42.8 Å². The van der Waals surface area contributed by atoms with Gasteiger partial charge in [0.1, 0.15) is 0 Å². The van der Waals surface area contributed by atoms with Crippen molar-refractivity contribution in [3.8, 4) is 0 Å². The molecule has 0 spiro atoms. The second-order valence-corrected chi connectivity index (χ2v) is 5.81. The molecular formula is C13H18F3N7. The molecule has 2 unspecified atom stereocenters. The molecule has 7 nitrogen and oxygen atoms in total. The number of hydrogen-bond donors (Lipinski definition) is 0. The molecule has 0 saturated carbocycles. The Morgan fingerprint density at radius 1 is 1.35 bits per heavy atom. The van der Waals surface area contributed by atoms with Crippen LogP contribution in [0.4, 0.5) is 13.2 Å². The quantitative estimate of drug-likeness (QED) is 0.859. The summed E-state index contributed by atoms with van der Waals surface area (Å²) in [5, 5.41) is 15.2. The number of halogens is 3. The van der Waals surface area contributed by atoms with Gasteiger partial charge < -0.3 is 0 Å². The number of piperidine rings is 1. The van der Waals surface area contributed by atoms with Crippen LogP contribution in [-0.4, -0.2) is 48.0 Å². The highest BCUT2D eigenvalue weighted by molar-refractivity contribution is 5.04. The number of hydrogen-bond acceptors (Lipinski definition) is 5. The Morgan fingerprint density at radius 2 is 2.13 bits per heavy atom. The Morgan fingerprint density at radius 3 is 2.74 bits per heavy atom. The summed E-state index contributed by atoms with van der Waals surface area (Å²) in [5.74, 6) is 0.738. The van der Waals surface area contributed by atoms with Crippen molar-refractivity contribution in [1.82, 2.24) is 34.9 Å². The lowest BCUT2D eigenvalue weighted by molar-refractivity contribution is -0.141. The Bertz CT molecular complexity index is 663. The van der Waals surface area contributed by atoms with Gasteiger partial charge in [-0.25, -0.2) is 4.68 Å². The normalized spacial score (nSPS) is 21.5. The highest BCUT2D eigenvalue weighted by Crippen LogP contribution is 2.31. The Balaban J connectivity index is 1.73. The van der Waals surface area contributed by atoms with E-state index in [2.05, 4.69) is 25.5 Å². The lowest BCUT2D eigenvalue weighted by Crippen LogP contribution is -2.39. The number of alkyl halides is 3. The molecule has 0 radical (unpaired) electrons. The molecule has 126 valence electrons. The number of rotatable bonds is 3. The van der Waals surface area contributed by atoms with Crippen molar-refractivity contribution < 1.29 is 13.2 Å². The minimum atomic E-state index is -4.41. The van der Waals surface area contributed by atoms with Crippen LogP contribution >= 0.6 is 0 Å². The standard InChI is InChI=1S/C13H18F3N7/c1-9(12-17-19-20-21(12)2)22-6-3-4-10(8-22)23-7-5-11(18-23)13(14,15)16/h5,7,9-10H,3-4,6,8H2,1-2H3. The van der Waals surface area contributed by atoms with Crippen LogP contribution in [-0.2, 0) is 13.2 Å². The topological polar surface area (TPSA) is 64.7 Å². The predicted molar refractivity (Wildman–Crippen MR) is 74.3 cm³/mol. The summed E-state index contributed by atoms with van der Waals surface area (Å²) in [6, 6.07) is 0.938. The summed E-state index contributed by atoms with van der Waals surface area (Å²) >= 11 is 0. The van der Waals surface area contributed by atoms with E-state index in [1.165, 1.54) is 10.9 Å². The smallest absolute Gasteiger partial charge is 0.291 e. The molecule has 10 heteroatoms. The van der Waals surface area contributed by atoms with Gasteiger partial charge >= 0.3 is 6.18 Å². The summed E-state index contributed by atoms with van der Waals surface area (Å²) in [7, 11) is 1.77. The van der Waals surface area contributed by atoms with E-state index in [9.17, 15) is 13.2 Å². The molecule has 23 heavy (non-hydrogen) atoms. The number of likely N-dealkylation sites (tertiary alicyclic amines) is 1. The maximum atomic E-state index is 12.7. The zero-order valence-electron chi connectivity index (χ0n) is 12.9. The fourth-order valence-corrected chi connectivity index (χ4v) is 3.00. The van der Waals surface area contributed by atoms with Crippen molar-refractivity contribution >= 4 is 0 Å². The van der Waals surface area contributed by atoms with Crippen LogP contribution in [0.25, 0.3) is 0 Å². The molecule has 0 aliphatic carbocycles. The first-order chi connectivity index (χ1) is 10.9. The van der Waals surface area contributed by atoms with Gasteiger partial charge in [0.25, 0.3) is 0 Å². The van der Waals surface area contributed by atoms with E-state index in [1.54, 1.807) is 11.7 Å². The number of aromatic nitrogens is 6. The van der Waals surface area contributed by atoms with Gasteiger partial charge in [0, 0.05) is 19.8 Å². The molecule has 0 N–H and O–H groups in total. The van der Waals surface area contributed by atoms with Gasteiger partial charge in [0.15, 0.2) is 11.5 Å². The molecule has 3 rings (SSSR count). The third kappa shape index (κ3) is 3.21. The van der Waals surface area contributed by atoms with Crippen LogP contribution in [0, 0.1) is 0 Å². The lowest BCUT2D eigenvalue weighted by Gasteiger charge is -2.36. The SMILES string of the molecule is CC(c1nnnn1C)N1CCCC(n2ccc(C(F)(F)F)n2)C1. The van der Waals surface area contributed by atoms with Crippen molar-refractivity contribution in [2.75, 3.05) is 13.1 Å². The Kier molecular flexibility index (Phi) is 4.09. The van der Waals surface area contributed by atoms with Crippen LogP contribution in [0.3, 0.4) is 0 Å². The molecule has 0 bridgehead atoms. The second-order valence-electron chi connectivity index (χ2n) is 5.81. The average Bonchev–Trinajstić information content (AvgIpc) is 3.15. The second kappa shape index (κ2) is 5.91. The van der Waals surface area contributed by atoms with Crippen molar-refractivity contribution in [2.45, 2.75) is 38.0 Å². The summed E-state index contributed by atoms with van der Waals surface area (Å²) in [6.07, 6.45) is -1.30. The summed E-state index contributed by atoms with van der Waals surface area (Å²) in [6.45, 7) is 3.48. The van der Waals surface area contributed by atoms with Gasteiger partial charge in [-0.1, -0.05) is 0 Å². The third-order valence-electron chi connectivity index (χ3n) is 4.28. The van der Waals surface area contributed by atoms with E-state index in [0.717, 1.165) is 31.3 Å². The molecule has 1 aliphatic rings. The van der Waals surface area contributed by atoms with Crippen LogP contribution in [0.5, 0.6) is 0 Å². The zero-order chi connectivity index (χ0) is 16.6. The van der Waals surface area contributed by atoms with Crippen LogP contribution < -0.4 is 0 Å². The van der Waals surface area contributed by atoms with Gasteiger partial charge in [-0.3, -0.25) is 9.58 Å². The molecule has 1 fully saturated rings. The van der Waals surface area contributed by atoms with E-state index in [-0.39, 0.29) is 12.1 Å². The molecule has 2 atom stereocenters. The molecule has 1 saturated heterocycles. The van der Waals surface area contributed by atoms with E-state index < -0.39 is 11.9 Å². The lowest BCUT2D eigenvalue weighted by atomic mass is 10.0. The van der Waals surface area contributed by atoms with Crippen molar-refractivity contribution in [1.29, 1.82) is 0 Å². The fourth-order valence-electron chi connectivity index (χ4n) is 3.00. The summed E-state index contributed by atoms with van der Waals surface area (Å²) in [4.78, 5) is 2.18. The predicted octanol–water partition coefficient (Wildman–Crippen LogP) is 1.82. The molecular weight excluding hydrogens is 311 g/mol. The third-order valence-corrected chi connectivity index (χ3v) is 4.28. The molecule has 0 aromatic carbocycles. The Hall–Kier alpha value is -1.97. The van der Waals surface area contributed by atoms with Gasteiger partial charge in [-0.15, -0.1) is 5.10 Å². The summed E-state index contributed by atoms with van der Waals surface area (Å²) < 4.78 is 41.1. The number of aryl methyl sites for hydroxylation is 1. The van der Waals surface area contributed by atoms with Gasteiger partial charge in [-0.2, -0.15) is 18.3 Å². The zero-order valence-corrected chi connectivity index (χ0v) is 12.9. The molecule has 2 aromatic rings. The van der Waals surface area contributed by atoms with E-state index in [0.29, 0.717) is 6.54 Å². The van der Waals surface area contributed by atoms with E-state index in [4.69, 9.17) is 0 Å². The van der Waals surface area contributed by atoms with Crippen molar-refractivity contribution in [2.24, 2.45) is 7.05 Å². The maximum Gasteiger partial charge on any atom is 0.435 e. The van der Waals surface area contributed by atoms with E-state index in [1.807, 2.05) is 6.92 Å². The highest BCUT2D eigenvalue weighted by atomic mass is 19.4. The highest BCUT2D eigenvalue weighted by Gasteiger charge is 2.35. The van der Waals surface area contributed by atoms with Gasteiger partial charge in [0.2, 0.25) is 0 Å². The Labute approximate surface area is 131 Å². The molecule has 2 aromatic heterocycles. The molecule has 0 amide bonds. The monoisotopic (exact) mass is 329 g/mol. The van der Waals surface area contributed by atoms with Crippen LogP contribution in [0.2, 0.25) is 0 Å². The van der Waals surface area contributed by atoms with Crippen LogP contribution in [0.1, 0.15) is 43.4 Å². The first-order valence-corrected chi connectivity index (χ1v) is 7.45. The minimum absolute atomic E-state index is 0.00421. The van der Waals surface area contributed by atoms with Crippen LogP contribution in [0.15, 0.2) is 12.3 Å². The van der Waals surface area contributed by atoms with Gasteiger partial charge in [0.05, 0.1) is 12.1 Å². The number of tetrazole rings is 1. The van der Waals surface area contributed by atoms with Crippen molar-refractivity contribution in [3.05, 3.63) is 23.8 Å². The maximum absolute atomic E-state index is 12.7. The molecule has 3 heterocycles. The first kappa shape index (κ1) is 15.9. The summed E-state index contributed by atoms with van der Waals surface area (Å²) in [5.41, 5.74) is -0.847. The number of nitrogens with zero attached hydrogens (tertiary/aromatic N) is 7. The first-order valence-electron chi connectivity index (χ1n) is 7.45. The average molecular weight is 329 g/mol. The van der Waals surface area contributed by atoms with Crippen molar-refractivity contribution in [3.63, 3.8) is 0 Å². The minimum Gasteiger partial charge on any atom is -0.291 e. The van der Waals surface area contributed by atoms with E-state index >= 15 is 0 Å². The fraction of sp³-hybridized carbons (Fsp3) is 0.692. The molecule has 1 aliphatic heterocycles. The largest absolute Gasteiger partial charge is 0.435 e.